The number of fused-ring (bicyclic) bond motifs is 1. The van der Waals surface area contributed by atoms with Gasteiger partial charge in [0.1, 0.15) is 0 Å². The number of esters is 1. The summed E-state index contributed by atoms with van der Waals surface area (Å²) < 4.78 is 5.06. The lowest BCUT2D eigenvalue weighted by Gasteiger charge is -2.20. The largest absolute Gasteiger partial charge is 0.465 e. The Morgan fingerprint density at radius 1 is 1.29 bits per heavy atom. The van der Waals surface area contributed by atoms with Crippen LogP contribution in [0.1, 0.15) is 25.5 Å². The predicted molar refractivity (Wildman–Crippen MR) is 81.8 cm³/mol. The number of carbonyl (C=O) groups is 1. The number of nitrogens with zero attached hydrogens (tertiary/aromatic N) is 2. The highest BCUT2D eigenvalue weighted by Crippen LogP contribution is 2.28. The van der Waals surface area contributed by atoms with Crippen LogP contribution in [0.25, 0.3) is 10.9 Å². The third-order valence-corrected chi connectivity index (χ3v) is 3.72. The molecule has 1 aliphatic carbocycles. The summed E-state index contributed by atoms with van der Waals surface area (Å²) in [5, 5.41) is 1.14. The van der Waals surface area contributed by atoms with E-state index in [0.29, 0.717) is 25.7 Å². The third kappa shape index (κ3) is 3.58. The molecule has 0 radical (unpaired) electrons. The lowest BCUT2D eigenvalue weighted by Crippen LogP contribution is -2.32. The van der Waals surface area contributed by atoms with Crippen LogP contribution in [-0.2, 0) is 16.1 Å². The molecule has 4 nitrogen and oxygen atoms in total. The molecule has 1 aromatic heterocycles. The lowest BCUT2D eigenvalue weighted by molar-refractivity contribution is -0.144. The number of ether oxygens (including phenoxy) is 1. The number of para-hydroxylation sites is 1. The second kappa shape index (κ2) is 6.22. The predicted octanol–water partition coefficient (Wildman–Crippen LogP) is 2.76. The zero-order valence-corrected chi connectivity index (χ0v) is 12.3. The molecule has 3 rings (SSSR count). The first-order valence-electron chi connectivity index (χ1n) is 7.50. The van der Waals surface area contributed by atoms with Crippen LogP contribution in [-0.4, -0.2) is 35.0 Å². The number of hydrogen-bond donors (Lipinski definition) is 0. The van der Waals surface area contributed by atoms with Gasteiger partial charge in [0.25, 0.3) is 0 Å². The molecule has 1 fully saturated rings. The van der Waals surface area contributed by atoms with Gasteiger partial charge in [0, 0.05) is 18.0 Å². The molecule has 0 atom stereocenters. The van der Waals surface area contributed by atoms with Gasteiger partial charge in [-0.1, -0.05) is 24.3 Å². The highest BCUT2D eigenvalue weighted by atomic mass is 16.5. The maximum Gasteiger partial charge on any atom is 0.320 e. The van der Waals surface area contributed by atoms with E-state index in [9.17, 15) is 4.79 Å². The average Bonchev–Trinajstić information content (AvgIpc) is 3.31. The van der Waals surface area contributed by atoms with Crippen molar-refractivity contribution >= 4 is 16.9 Å². The van der Waals surface area contributed by atoms with Crippen molar-refractivity contribution in [2.24, 2.45) is 0 Å². The molecule has 21 heavy (non-hydrogen) atoms. The van der Waals surface area contributed by atoms with Gasteiger partial charge < -0.3 is 4.74 Å². The Labute approximate surface area is 124 Å². The van der Waals surface area contributed by atoms with E-state index in [-0.39, 0.29) is 5.97 Å². The summed E-state index contributed by atoms with van der Waals surface area (Å²) in [6, 6.07) is 12.7. The van der Waals surface area contributed by atoms with Crippen molar-refractivity contribution in [1.82, 2.24) is 9.88 Å². The van der Waals surface area contributed by atoms with Gasteiger partial charge in [0.2, 0.25) is 0 Å². The molecule has 110 valence electrons. The minimum absolute atomic E-state index is 0.148. The van der Waals surface area contributed by atoms with E-state index in [0.717, 1.165) is 29.4 Å². The summed E-state index contributed by atoms with van der Waals surface area (Å²) >= 11 is 0. The molecular formula is C17H20N2O2. The topological polar surface area (TPSA) is 42.4 Å². The molecule has 1 aliphatic rings. The van der Waals surface area contributed by atoms with E-state index in [2.05, 4.69) is 22.0 Å². The zero-order valence-electron chi connectivity index (χ0n) is 12.3. The van der Waals surface area contributed by atoms with Crippen molar-refractivity contribution in [3.8, 4) is 0 Å². The molecule has 4 heteroatoms. The first-order chi connectivity index (χ1) is 10.3. The molecule has 0 unspecified atom stereocenters. The van der Waals surface area contributed by atoms with Crippen LogP contribution in [0.2, 0.25) is 0 Å². The lowest BCUT2D eigenvalue weighted by atomic mass is 10.2. The maximum atomic E-state index is 11.7. The van der Waals surface area contributed by atoms with Gasteiger partial charge in [-0.2, -0.15) is 0 Å². The Morgan fingerprint density at radius 2 is 2.10 bits per heavy atom. The quantitative estimate of drug-likeness (QED) is 0.765. The van der Waals surface area contributed by atoms with E-state index >= 15 is 0 Å². The number of pyridine rings is 1. The maximum absolute atomic E-state index is 11.7. The van der Waals surface area contributed by atoms with Crippen LogP contribution >= 0.6 is 0 Å². The van der Waals surface area contributed by atoms with Gasteiger partial charge >= 0.3 is 5.97 Å². The van der Waals surface area contributed by atoms with Gasteiger partial charge in [-0.15, -0.1) is 0 Å². The van der Waals surface area contributed by atoms with E-state index in [1.54, 1.807) is 0 Å². The van der Waals surface area contributed by atoms with Crippen molar-refractivity contribution in [3.05, 3.63) is 42.1 Å². The molecule has 1 aromatic carbocycles. The van der Waals surface area contributed by atoms with Crippen LogP contribution in [0, 0.1) is 0 Å². The van der Waals surface area contributed by atoms with Crippen LogP contribution in [0.15, 0.2) is 36.4 Å². The molecule has 0 aliphatic heterocycles. The number of carbonyl (C=O) groups excluding carboxylic acids is 1. The van der Waals surface area contributed by atoms with Crippen LogP contribution in [0.5, 0.6) is 0 Å². The molecule has 2 aromatic rings. The molecule has 0 bridgehead atoms. The summed E-state index contributed by atoms with van der Waals surface area (Å²) in [4.78, 5) is 18.6. The number of hydrogen-bond acceptors (Lipinski definition) is 4. The molecule has 0 N–H and O–H groups in total. The van der Waals surface area contributed by atoms with Gasteiger partial charge in [0.15, 0.2) is 0 Å². The first kappa shape index (κ1) is 14.0. The first-order valence-corrected chi connectivity index (χ1v) is 7.50. The monoisotopic (exact) mass is 284 g/mol. The fourth-order valence-corrected chi connectivity index (χ4v) is 2.53. The Kier molecular flexibility index (Phi) is 4.15. The molecular weight excluding hydrogens is 264 g/mol. The summed E-state index contributed by atoms with van der Waals surface area (Å²) in [5.41, 5.74) is 2.01. The van der Waals surface area contributed by atoms with Gasteiger partial charge in [-0.3, -0.25) is 14.7 Å². The van der Waals surface area contributed by atoms with Crippen molar-refractivity contribution < 1.29 is 9.53 Å². The standard InChI is InChI=1S/C17H20N2O2/c1-2-21-17(20)12-19(15-9-10-15)11-14-8-7-13-5-3-4-6-16(13)18-14/h3-8,15H,2,9-12H2,1H3. The average molecular weight is 284 g/mol. The fourth-order valence-electron chi connectivity index (χ4n) is 2.53. The second-order valence-electron chi connectivity index (χ2n) is 5.44. The summed E-state index contributed by atoms with van der Waals surface area (Å²) in [5.74, 6) is -0.148. The van der Waals surface area contributed by atoms with Crippen molar-refractivity contribution in [3.63, 3.8) is 0 Å². The van der Waals surface area contributed by atoms with E-state index in [4.69, 9.17) is 4.74 Å². The molecule has 1 heterocycles. The van der Waals surface area contributed by atoms with Gasteiger partial charge in [-0.25, -0.2) is 0 Å². The Hall–Kier alpha value is -1.94. The molecule has 0 amide bonds. The van der Waals surface area contributed by atoms with E-state index in [1.165, 1.54) is 0 Å². The van der Waals surface area contributed by atoms with E-state index in [1.807, 2.05) is 31.2 Å². The van der Waals surface area contributed by atoms with Gasteiger partial charge in [-0.05, 0) is 31.9 Å². The summed E-state index contributed by atoms with van der Waals surface area (Å²) in [6.45, 7) is 3.33. The van der Waals surface area contributed by atoms with Crippen molar-refractivity contribution in [2.75, 3.05) is 13.2 Å². The summed E-state index contributed by atoms with van der Waals surface area (Å²) in [7, 11) is 0. The molecule has 0 saturated heterocycles. The third-order valence-electron chi connectivity index (χ3n) is 3.72. The number of benzene rings is 1. The van der Waals surface area contributed by atoms with E-state index < -0.39 is 0 Å². The smallest absolute Gasteiger partial charge is 0.320 e. The SMILES string of the molecule is CCOC(=O)CN(Cc1ccc2ccccc2n1)C1CC1. The molecule has 1 saturated carbocycles. The Bertz CT molecular complexity index is 637. The van der Waals surface area contributed by atoms with Crippen molar-refractivity contribution in [1.29, 1.82) is 0 Å². The molecule has 0 spiro atoms. The number of aromatic nitrogens is 1. The van der Waals surface area contributed by atoms with Gasteiger partial charge in [0.05, 0.1) is 24.4 Å². The highest BCUT2D eigenvalue weighted by Gasteiger charge is 2.30. The Morgan fingerprint density at radius 3 is 2.86 bits per heavy atom. The van der Waals surface area contributed by atoms with Crippen molar-refractivity contribution in [2.45, 2.75) is 32.4 Å². The minimum Gasteiger partial charge on any atom is -0.465 e. The normalized spacial score (nSPS) is 14.6. The van der Waals surface area contributed by atoms with Crippen LogP contribution in [0.3, 0.4) is 0 Å². The Balaban J connectivity index is 1.73. The fraction of sp³-hybridized carbons (Fsp3) is 0.412. The second-order valence-corrected chi connectivity index (χ2v) is 5.44. The zero-order chi connectivity index (χ0) is 14.7. The minimum atomic E-state index is -0.148. The van der Waals surface area contributed by atoms with Crippen LogP contribution < -0.4 is 0 Å². The number of rotatable bonds is 6. The summed E-state index contributed by atoms with van der Waals surface area (Å²) in [6.07, 6.45) is 2.32. The highest BCUT2D eigenvalue weighted by molar-refractivity contribution is 5.78. The van der Waals surface area contributed by atoms with Crippen LogP contribution in [0.4, 0.5) is 0 Å².